The maximum atomic E-state index is 14.0. The van der Waals surface area contributed by atoms with E-state index in [0.29, 0.717) is 4.90 Å². The molecule has 0 radical (unpaired) electrons. The number of ether oxygens (including phenoxy) is 3. The second-order valence-corrected chi connectivity index (χ2v) is 10.4. The lowest BCUT2D eigenvalue weighted by atomic mass is 9.97. The van der Waals surface area contributed by atoms with Gasteiger partial charge in [-0.05, 0) is 30.7 Å². The van der Waals surface area contributed by atoms with Crippen LogP contribution in [0.2, 0.25) is 5.02 Å². The Hall–Kier alpha value is -2.66. The number of aryl methyl sites for hydroxylation is 1. The number of hydrogen-bond donors (Lipinski definition) is 1. The van der Waals surface area contributed by atoms with Gasteiger partial charge in [0.05, 0.1) is 12.2 Å². The molecule has 1 aliphatic carbocycles. The zero-order chi connectivity index (χ0) is 25.4. The van der Waals surface area contributed by atoms with Crippen LogP contribution in [0.4, 0.5) is 8.78 Å². The third-order valence-electron chi connectivity index (χ3n) is 6.83. The minimum absolute atomic E-state index is 0.178. The van der Waals surface area contributed by atoms with Gasteiger partial charge >= 0.3 is 0 Å². The van der Waals surface area contributed by atoms with Crippen LogP contribution in [0, 0.1) is 35.8 Å². The molecule has 13 heteroatoms. The van der Waals surface area contributed by atoms with E-state index in [1.165, 1.54) is 11.8 Å². The SMILES string of the molecule is COC1[C@H]2C(n3cc(-c4cc(F)c(Cl)c(F)c4)nn3)C23OC(O)C3O[C@@H]1Sc1cc(C)cnc1C#N. The highest BCUT2D eigenvalue weighted by Crippen LogP contribution is 2.71. The van der Waals surface area contributed by atoms with Gasteiger partial charge in [-0.25, -0.2) is 18.4 Å². The highest BCUT2D eigenvalue weighted by Gasteiger charge is 2.85. The molecule has 7 atom stereocenters. The Labute approximate surface area is 212 Å². The topological polar surface area (TPSA) is 115 Å². The van der Waals surface area contributed by atoms with Crippen molar-refractivity contribution in [3.63, 3.8) is 0 Å². The molecule has 0 bridgehead atoms. The highest BCUT2D eigenvalue weighted by atomic mass is 35.5. The Kier molecular flexibility index (Phi) is 5.56. The molecule has 4 heterocycles. The molecule has 1 saturated carbocycles. The number of aliphatic hydroxyl groups is 1. The lowest BCUT2D eigenvalue weighted by molar-refractivity contribution is -0.363. The van der Waals surface area contributed by atoms with E-state index in [0.717, 1.165) is 17.7 Å². The summed E-state index contributed by atoms with van der Waals surface area (Å²) >= 11 is 6.88. The Balaban J connectivity index is 1.31. The number of nitrogens with zero attached hydrogens (tertiary/aromatic N) is 5. The van der Waals surface area contributed by atoms with Crippen LogP contribution in [-0.2, 0) is 14.2 Å². The fourth-order valence-corrected chi connectivity index (χ4v) is 6.61. The van der Waals surface area contributed by atoms with Crippen LogP contribution in [0.3, 0.4) is 0 Å². The van der Waals surface area contributed by atoms with Crippen molar-refractivity contribution in [2.45, 2.75) is 47.4 Å². The minimum Gasteiger partial charge on any atom is -0.377 e. The van der Waals surface area contributed by atoms with Gasteiger partial charge in [-0.2, -0.15) is 5.26 Å². The van der Waals surface area contributed by atoms with Crippen molar-refractivity contribution in [2.75, 3.05) is 7.11 Å². The van der Waals surface area contributed by atoms with Crippen LogP contribution in [0.1, 0.15) is 17.3 Å². The number of pyridine rings is 1. The Morgan fingerprint density at radius 3 is 2.72 bits per heavy atom. The molecular formula is C23H18ClF2N5O4S. The maximum absolute atomic E-state index is 14.0. The number of aliphatic hydroxyl groups excluding tert-OH is 1. The second-order valence-electron chi connectivity index (χ2n) is 8.88. The van der Waals surface area contributed by atoms with Crippen molar-refractivity contribution in [3.8, 4) is 17.3 Å². The van der Waals surface area contributed by atoms with E-state index in [1.807, 2.05) is 13.0 Å². The number of benzene rings is 1. The van der Waals surface area contributed by atoms with Crippen molar-refractivity contribution in [2.24, 2.45) is 5.92 Å². The van der Waals surface area contributed by atoms with Gasteiger partial charge in [-0.15, -0.1) is 5.10 Å². The summed E-state index contributed by atoms with van der Waals surface area (Å²) in [7, 11) is 1.55. The molecule has 5 unspecified atom stereocenters. The van der Waals surface area contributed by atoms with Crippen molar-refractivity contribution in [1.29, 1.82) is 5.26 Å². The molecule has 1 spiro atoms. The average Bonchev–Trinajstić information content (AvgIpc) is 3.29. The predicted octanol–water partition coefficient (Wildman–Crippen LogP) is 3.24. The first-order valence-electron chi connectivity index (χ1n) is 10.9. The van der Waals surface area contributed by atoms with E-state index in [4.69, 9.17) is 25.8 Å². The third kappa shape index (κ3) is 3.38. The van der Waals surface area contributed by atoms with Gasteiger partial charge in [0.1, 0.15) is 51.7 Å². The van der Waals surface area contributed by atoms with Gasteiger partial charge < -0.3 is 19.3 Å². The number of rotatable bonds is 5. The van der Waals surface area contributed by atoms with Gasteiger partial charge in [0.2, 0.25) is 0 Å². The summed E-state index contributed by atoms with van der Waals surface area (Å²) in [5.41, 5.74) is 0.115. The number of nitriles is 1. The lowest BCUT2D eigenvalue weighted by Gasteiger charge is -2.49. The summed E-state index contributed by atoms with van der Waals surface area (Å²) in [5, 5.41) is 27.5. The maximum Gasteiger partial charge on any atom is 0.185 e. The van der Waals surface area contributed by atoms with E-state index in [1.54, 1.807) is 24.2 Å². The van der Waals surface area contributed by atoms with Gasteiger partial charge in [0.25, 0.3) is 0 Å². The predicted molar refractivity (Wildman–Crippen MR) is 122 cm³/mol. The standard InChI is InChI=1S/C23H18ClF2N5O4S/c1-9-3-15(13(6-27)28-7-9)36-22-18(33-2)16-19(23(16)20(34-22)21(32)35-23)31-8-14(29-30-31)10-4-11(25)17(24)12(26)5-10/h3-5,7-8,16,18-22,32H,1-2H3/t16-,18?,19?,20?,21?,22+,23?/m0/s1. The molecule has 1 N–H and O–H groups in total. The average molecular weight is 534 g/mol. The second kappa shape index (κ2) is 8.44. The number of aromatic nitrogens is 4. The van der Waals surface area contributed by atoms with Gasteiger partial charge in [0.15, 0.2) is 12.0 Å². The first-order valence-corrected chi connectivity index (χ1v) is 12.2. The summed E-state index contributed by atoms with van der Waals surface area (Å²) in [6, 6.07) is 5.70. The van der Waals surface area contributed by atoms with Crippen molar-refractivity contribution in [1.82, 2.24) is 20.0 Å². The van der Waals surface area contributed by atoms with Crippen LogP contribution < -0.4 is 0 Å². The molecule has 2 saturated heterocycles. The Bertz CT molecular complexity index is 1400. The molecule has 6 rings (SSSR count). The highest BCUT2D eigenvalue weighted by molar-refractivity contribution is 7.99. The molecular weight excluding hydrogens is 516 g/mol. The molecule has 3 fully saturated rings. The molecule has 1 aromatic carbocycles. The summed E-state index contributed by atoms with van der Waals surface area (Å²) in [6.07, 6.45) is 0.862. The van der Waals surface area contributed by atoms with Crippen molar-refractivity contribution >= 4 is 23.4 Å². The van der Waals surface area contributed by atoms with Gasteiger partial charge in [-0.1, -0.05) is 28.6 Å². The van der Waals surface area contributed by atoms with Crippen molar-refractivity contribution < 1.29 is 28.1 Å². The molecule has 3 aliphatic rings. The summed E-state index contributed by atoms with van der Waals surface area (Å²) in [4.78, 5) is 4.82. The van der Waals surface area contributed by atoms with Crippen LogP contribution >= 0.6 is 23.4 Å². The summed E-state index contributed by atoms with van der Waals surface area (Å²) in [6.45, 7) is 1.87. The zero-order valence-electron chi connectivity index (χ0n) is 18.8. The smallest absolute Gasteiger partial charge is 0.185 e. The van der Waals surface area contributed by atoms with Crippen LogP contribution in [0.25, 0.3) is 11.3 Å². The molecule has 0 amide bonds. The van der Waals surface area contributed by atoms with Crippen molar-refractivity contribution in [3.05, 3.63) is 58.5 Å². The number of methoxy groups -OCH3 is 1. The number of hydrogen-bond acceptors (Lipinski definition) is 9. The third-order valence-corrected chi connectivity index (χ3v) is 8.37. The molecule has 186 valence electrons. The summed E-state index contributed by atoms with van der Waals surface area (Å²) in [5.74, 6) is -2.07. The van der Waals surface area contributed by atoms with Gasteiger partial charge in [0, 0.05) is 29.7 Å². The van der Waals surface area contributed by atoms with E-state index in [-0.39, 0.29) is 22.9 Å². The zero-order valence-corrected chi connectivity index (χ0v) is 20.4. The van der Waals surface area contributed by atoms with E-state index >= 15 is 0 Å². The molecule has 3 aromatic rings. The molecule has 9 nitrogen and oxygen atoms in total. The van der Waals surface area contributed by atoms with E-state index in [9.17, 15) is 19.1 Å². The Morgan fingerprint density at radius 1 is 1.31 bits per heavy atom. The quantitative estimate of drug-likeness (QED) is 0.493. The Morgan fingerprint density at radius 2 is 2.06 bits per heavy atom. The molecule has 2 aliphatic heterocycles. The normalized spacial score (nSPS) is 32.2. The van der Waals surface area contributed by atoms with Crippen LogP contribution in [-0.4, -0.2) is 61.7 Å². The first-order chi connectivity index (χ1) is 17.3. The van der Waals surface area contributed by atoms with Gasteiger partial charge in [-0.3, -0.25) is 0 Å². The largest absolute Gasteiger partial charge is 0.377 e. The monoisotopic (exact) mass is 533 g/mol. The number of thioether (sulfide) groups is 1. The van der Waals surface area contributed by atoms with Crippen LogP contribution in [0.15, 0.2) is 35.5 Å². The van der Waals surface area contributed by atoms with Crippen LogP contribution in [0.5, 0.6) is 0 Å². The van der Waals surface area contributed by atoms with E-state index < -0.39 is 52.2 Å². The molecule has 2 aromatic heterocycles. The number of halogens is 3. The van der Waals surface area contributed by atoms with E-state index in [2.05, 4.69) is 21.4 Å². The molecule has 36 heavy (non-hydrogen) atoms. The fraction of sp³-hybridized carbons (Fsp3) is 0.391. The lowest BCUT2D eigenvalue weighted by Crippen LogP contribution is -2.64. The fourth-order valence-electron chi connectivity index (χ4n) is 5.20. The minimum atomic E-state index is -1.15. The first kappa shape index (κ1) is 23.7. The summed E-state index contributed by atoms with van der Waals surface area (Å²) < 4.78 is 47.3.